The van der Waals surface area contributed by atoms with Gasteiger partial charge in [0.2, 0.25) is 0 Å². The molecule has 1 aromatic carbocycles. The first-order valence-electron chi connectivity index (χ1n) is 4.81. The summed E-state index contributed by atoms with van der Waals surface area (Å²) in [4.78, 5) is 0. The van der Waals surface area contributed by atoms with Crippen molar-refractivity contribution in [3.8, 4) is 5.75 Å². The van der Waals surface area contributed by atoms with E-state index in [-0.39, 0.29) is 0 Å². The van der Waals surface area contributed by atoms with Crippen LogP contribution in [0.2, 0.25) is 0 Å². The summed E-state index contributed by atoms with van der Waals surface area (Å²) in [5.41, 5.74) is 0. The second-order valence-corrected chi connectivity index (χ2v) is 4.67. The van der Waals surface area contributed by atoms with Crippen LogP contribution >= 0.6 is 22.6 Å². The molecule has 2 rings (SSSR count). The highest BCUT2D eigenvalue weighted by Gasteiger charge is 2.21. The molecular formula is C11H13IO2. The molecular weight excluding hydrogens is 291 g/mol. The molecule has 0 spiro atoms. The zero-order chi connectivity index (χ0) is 9.80. The largest absolute Gasteiger partial charge is 0.466 e. The normalized spacial score (nSPS) is 15.5. The van der Waals surface area contributed by atoms with E-state index >= 15 is 0 Å². The minimum atomic E-state index is 0.372. The Hall–Kier alpha value is -0.290. The highest BCUT2D eigenvalue weighted by Crippen LogP contribution is 2.28. The van der Waals surface area contributed by atoms with Crippen LogP contribution in [0.25, 0.3) is 0 Å². The fraction of sp³-hybridized carbons (Fsp3) is 0.455. The lowest BCUT2D eigenvalue weighted by atomic mass is 10.3. The van der Waals surface area contributed by atoms with Gasteiger partial charge in [0, 0.05) is 0 Å². The van der Waals surface area contributed by atoms with E-state index in [1.54, 1.807) is 0 Å². The van der Waals surface area contributed by atoms with E-state index in [1.165, 1.54) is 12.8 Å². The summed E-state index contributed by atoms with van der Waals surface area (Å²) in [5, 5.41) is 0. The lowest BCUT2D eigenvalue weighted by molar-refractivity contribution is 0.00951. The lowest BCUT2D eigenvalue weighted by Gasteiger charge is -2.07. The van der Waals surface area contributed by atoms with Gasteiger partial charge in [-0.05, 0) is 53.5 Å². The Kier molecular flexibility index (Phi) is 3.64. The molecule has 2 nitrogen and oxygen atoms in total. The third-order valence-corrected chi connectivity index (χ3v) is 3.08. The second-order valence-electron chi connectivity index (χ2n) is 3.51. The van der Waals surface area contributed by atoms with Crippen molar-refractivity contribution in [1.29, 1.82) is 0 Å². The fourth-order valence-electron chi connectivity index (χ4n) is 1.17. The van der Waals surface area contributed by atoms with Crippen LogP contribution in [0.4, 0.5) is 0 Å². The standard InChI is InChI=1S/C11H13IO2/c12-10-3-1-2-4-11(10)14-8-13-7-9-5-6-9/h1-4,9H,5-8H2. The second kappa shape index (κ2) is 4.98. The van der Waals surface area contributed by atoms with E-state index in [0.29, 0.717) is 6.79 Å². The molecule has 1 aliphatic carbocycles. The zero-order valence-electron chi connectivity index (χ0n) is 7.91. The summed E-state index contributed by atoms with van der Waals surface area (Å²) >= 11 is 2.26. The highest BCUT2D eigenvalue weighted by molar-refractivity contribution is 14.1. The van der Waals surface area contributed by atoms with Gasteiger partial charge < -0.3 is 9.47 Å². The quantitative estimate of drug-likeness (QED) is 0.473. The van der Waals surface area contributed by atoms with Gasteiger partial charge in [-0.3, -0.25) is 0 Å². The third kappa shape index (κ3) is 3.13. The van der Waals surface area contributed by atoms with Crippen molar-refractivity contribution in [1.82, 2.24) is 0 Å². The summed E-state index contributed by atoms with van der Waals surface area (Å²) in [6, 6.07) is 7.96. The van der Waals surface area contributed by atoms with Crippen LogP contribution in [-0.4, -0.2) is 13.4 Å². The SMILES string of the molecule is Ic1ccccc1OCOCC1CC1. The van der Waals surface area contributed by atoms with Gasteiger partial charge in [0.05, 0.1) is 10.2 Å². The predicted octanol–water partition coefficient (Wildman–Crippen LogP) is 3.05. The number of halogens is 1. The maximum atomic E-state index is 5.49. The Labute approximate surface area is 97.7 Å². The maximum absolute atomic E-state index is 5.49. The van der Waals surface area contributed by atoms with Gasteiger partial charge in [-0.15, -0.1) is 0 Å². The molecule has 14 heavy (non-hydrogen) atoms. The minimum Gasteiger partial charge on any atom is -0.466 e. The number of ether oxygens (including phenoxy) is 2. The zero-order valence-corrected chi connectivity index (χ0v) is 10.1. The number of hydrogen-bond acceptors (Lipinski definition) is 2. The predicted molar refractivity (Wildman–Crippen MR) is 63.3 cm³/mol. The first-order valence-corrected chi connectivity index (χ1v) is 5.89. The Bertz CT molecular complexity index is 297. The smallest absolute Gasteiger partial charge is 0.189 e. The lowest BCUT2D eigenvalue weighted by Crippen LogP contribution is -2.05. The molecule has 3 heteroatoms. The molecule has 0 atom stereocenters. The van der Waals surface area contributed by atoms with Gasteiger partial charge in [0.1, 0.15) is 5.75 Å². The molecule has 1 aliphatic rings. The van der Waals surface area contributed by atoms with Gasteiger partial charge in [-0.25, -0.2) is 0 Å². The molecule has 1 fully saturated rings. The van der Waals surface area contributed by atoms with Crippen LogP contribution in [0, 0.1) is 9.49 Å². The first-order chi connectivity index (χ1) is 6.86. The summed E-state index contributed by atoms with van der Waals surface area (Å²) < 4.78 is 12.0. The van der Waals surface area contributed by atoms with Crippen LogP contribution in [0.1, 0.15) is 12.8 Å². The van der Waals surface area contributed by atoms with Crippen LogP contribution in [-0.2, 0) is 4.74 Å². The van der Waals surface area contributed by atoms with Gasteiger partial charge in [-0.2, -0.15) is 0 Å². The number of benzene rings is 1. The molecule has 0 saturated heterocycles. The van der Waals surface area contributed by atoms with Gasteiger partial charge in [-0.1, -0.05) is 12.1 Å². The third-order valence-electron chi connectivity index (χ3n) is 2.18. The summed E-state index contributed by atoms with van der Waals surface area (Å²) in [5.74, 6) is 1.71. The van der Waals surface area contributed by atoms with Crippen molar-refractivity contribution < 1.29 is 9.47 Å². The molecule has 0 amide bonds. The molecule has 0 radical (unpaired) electrons. The van der Waals surface area contributed by atoms with Crippen molar-refractivity contribution in [2.75, 3.05) is 13.4 Å². The Balaban J connectivity index is 1.71. The van der Waals surface area contributed by atoms with E-state index < -0.39 is 0 Å². The van der Waals surface area contributed by atoms with Crippen molar-refractivity contribution in [3.63, 3.8) is 0 Å². The van der Waals surface area contributed by atoms with Gasteiger partial charge in [0.15, 0.2) is 6.79 Å². The van der Waals surface area contributed by atoms with Crippen LogP contribution in [0.5, 0.6) is 5.75 Å². The van der Waals surface area contributed by atoms with Crippen molar-refractivity contribution >= 4 is 22.6 Å². The molecule has 0 heterocycles. The van der Waals surface area contributed by atoms with Crippen LogP contribution < -0.4 is 4.74 Å². The van der Waals surface area contributed by atoms with E-state index in [2.05, 4.69) is 22.6 Å². The van der Waals surface area contributed by atoms with Crippen LogP contribution in [0.15, 0.2) is 24.3 Å². The molecule has 1 aromatic rings. The molecule has 0 unspecified atom stereocenters. The molecule has 1 saturated carbocycles. The summed E-state index contributed by atoms with van der Waals surface area (Å²) in [6.07, 6.45) is 2.64. The number of rotatable bonds is 5. The minimum absolute atomic E-state index is 0.372. The average molecular weight is 304 g/mol. The Morgan fingerprint density at radius 2 is 2.07 bits per heavy atom. The molecule has 76 valence electrons. The van der Waals surface area contributed by atoms with Crippen LogP contribution in [0.3, 0.4) is 0 Å². The number of hydrogen-bond donors (Lipinski definition) is 0. The monoisotopic (exact) mass is 304 g/mol. The molecule has 0 N–H and O–H groups in total. The first kappa shape index (κ1) is 10.2. The van der Waals surface area contributed by atoms with Gasteiger partial charge in [0.25, 0.3) is 0 Å². The van der Waals surface area contributed by atoms with Crippen molar-refractivity contribution in [3.05, 3.63) is 27.8 Å². The Morgan fingerprint density at radius 3 is 2.79 bits per heavy atom. The van der Waals surface area contributed by atoms with Gasteiger partial charge >= 0.3 is 0 Å². The Morgan fingerprint density at radius 1 is 1.29 bits per heavy atom. The maximum Gasteiger partial charge on any atom is 0.189 e. The summed E-state index contributed by atoms with van der Waals surface area (Å²) in [6.45, 7) is 1.22. The number of para-hydroxylation sites is 1. The summed E-state index contributed by atoms with van der Waals surface area (Å²) in [7, 11) is 0. The fourth-order valence-corrected chi connectivity index (χ4v) is 1.71. The highest BCUT2D eigenvalue weighted by atomic mass is 127. The van der Waals surface area contributed by atoms with Crippen molar-refractivity contribution in [2.45, 2.75) is 12.8 Å². The molecule has 0 aromatic heterocycles. The van der Waals surface area contributed by atoms with E-state index in [1.807, 2.05) is 24.3 Å². The average Bonchev–Trinajstić information content (AvgIpc) is 2.99. The van der Waals surface area contributed by atoms with E-state index in [4.69, 9.17) is 9.47 Å². The van der Waals surface area contributed by atoms with E-state index in [9.17, 15) is 0 Å². The van der Waals surface area contributed by atoms with E-state index in [0.717, 1.165) is 21.8 Å². The molecule has 0 aliphatic heterocycles. The topological polar surface area (TPSA) is 18.5 Å². The van der Waals surface area contributed by atoms with Crippen molar-refractivity contribution in [2.24, 2.45) is 5.92 Å². The molecule has 0 bridgehead atoms.